The van der Waals surface area contributed by atoms with E-state index in [1.165, 1.54) is 12.6 Å². The van der Waals surface area contributed by atoms with Crippen molar-refractivity contribution in [3.05, 3.63) is 18.4 Å². The van der Waals surface area contributed by atoms with Gasteiger partial charge in [0.05, 0.1) is 6.20 Å². The first-order valence-electron chi connectivity index (χ1n) is 3.93. The van der Waals surface area contributed by atoms with E-state index in [4.69, 9.17) is 4.42 Å². The van der Waals surface area contributed by atoms with Crippen molar-refractivity contribution in [2.45, 2.75) is 26.3 Å². The van der Waals surface area contributed by atoms with Crippen LogP contribution in [0, 0.1) is 0 Å². The SMILES string of the molecule is CC[C@H](C)NC(=O)c1cnco1. The Labute approximate surface area is 71.0 Å². The smallest absolute Gasteiger partial charge is 0.288 e. The number of carbonyl (C=O) groups is 1. The van der Waals surface area contributed by atoms with E-state index in [1.807, 2.05) is 13.8 Å². The van der Waals surface area contributed by atoms with Crippen LogP contribution in [0.1, 0.15) is 30.8 Å². The van der Waals surface area contributed by atoms with E-state index in [9.17, 15) is 4.79 Å². The molecule has 0 radical (unpaired) electrons. The number of nitrogens with one attached hydrogen (secondary N) is 1. The van der Waals surface area contributed by atoms with Crippen molar-refractivity contribution < 1.29 is 9.21 Å². The van der Waals surface area contributed by atoms with E-state index < -0.39 is 0 Å². The van der Waals surface area contributed by atoms with Crippen LogP contribution in [-0.4, -0.2) is 16.9 Å². The first-order valence-corrected chi connectivity index (χ1v) is 3.93. The van der Waals surface area contributed by atoms with Gasteiger partial charge in [-0.05, 0) is 13.3 Å². The van der Waals surface area contributed by atoms with Gasteiger partial charge in [-0.15, -0.1) is 0 Å². The van der Waals surface area contributed by atoms with Crippen molar-refractivity contribution in [3.63, 3.8) is 0 Å². The Balaban J connectivity index is 2.50. The summed E-state index contributed by atoms with van der Waals surface area (Å²) < 4.78 is 4.82. The summed E-state index contributed by atoms with van der Waals surface area (Å²) in [5.74, 6) is 0.0529. The molecule has 0 saturated heterocycles. The average Bonchev–Trinajstić information content (AvgIpc) is 2.56. The summed E-state index contributed by atoms with van der Waals surface area (Å²) in [7, 11) is 0. The lowest BCUT2D eigenvalue weighted by molar-refractivity contribution is 0.0911. The molecule has 0 aliphatic rings. The Hall–Kier alpha value is -1.32. The minimum atomic E-state index is -0.207. The highest BCUT2D eigenvalue weighted by atomic mass is 16.3. The van der Waals surface area contributed by atoms with Crippen molar-refractivity contribution >= 4 is 5.91 Å². The summed E-state index contributed by atoms with van der Waals surface area (Å²) in [5.41, 5.74) is 0. The van der Waals surface area contributed by atoms with E-state index in [2.05, 4.69) is 10.3 Å². The van der Waals surface area contributed by atoms with Crippen molar-refractivity contribution in [2.24, 2.45) is 0 Å². The Bertz CT molecular complexity index is 244. The fourth-order valence-corrected chi connectivity index (χ4v) is 0.725. The molecule has 1 N–H and O–H groups in total. The largest absolute Gasteiger partial charge is 0.438 e. The van der Waals surface area contributed by atoms with Crippen molar-refractivity contribution in [3.8, 4) is 0 Å². The number of hydrogen-bond donors (Lipinski definition) is 1. The predicted molar refractivity (Wildman–Crippen MR) is 43.7 cm³/mol. The summed E-state index contributed by atoms with van der Waals surface area (Å²) in [6, 6.07) is 0.169. The summed E-state index contributed by atoms with van der Waals surface area (Å²) in [6.07, 6.45) is 3.54. The fraction of sp³-hybridized carbons (Fsp3) is 0.500. The number of carbonyl (C=O) groups excluding carboxylic acids is 1. The molecule has 1 aromatic rings. The molecule has 4 nitrogen and oxygen atoms in total. The molecule has 0 spiro atoms. The highest BCUT2D eigenvalue weighted by Crippen LogP contribution is 1.97. The Morgan fingerprint density at radius 2 is 2.58 bits per heavy atom. The molecule has 1 rings (SSSR count). The van der Waals surface area contributed by atoms with Gasteiger partial charge in [0.1, 0.15) is 0 Å². The van der Waals surface area contributed by atoms with Gasteiger partial charge in [0.2, 0.25) is 5.76 Å². The normalized spacial score (nSPS) is 12.5. The lowest BCUT2D eigenvalue weighted by Gasteiger charge is -2.08. The average molecular weight is 168 g/mol. The number of rotatable bonds is 3. The zero-order chi connectivity index (χ0) is 8.97. The van der Waals surface area contributed by atoms with Crippen LogP contribution in [0.5, 0.6) is 0 Å². The lowest BCUT2D eigenvalue weighted by Crippen LogP contribution is -2.31. The second kappa shape index (κ2) is 3.90. The molecule has 66 valence electrons. The summed E-state index contributed by atoms with van der Waals surface area (Å²) in [4.78, 5) is 14.9. The second-order valence-electron chi connectivity index (χ2n) is 2.65. The van der Waals surface area contributed by atoms with Gasteiger partial charge < -0.3 is 9.73 Å². The Morgan fingerprint density at radius 3 is 3.08 bits per heavy atom. The van der Waals surface area contributed by atoms with Crippen LogP contribution >= 0.6 is 0 Å². The maximum Gasteiger partial charge on any atom is 0.288 e. The van der Waals surface area contributed by atoms with Crippen LogP contribution in [0.25, 0.3) is 0 Å². The van der Waals surface area contributed by atoms with Crippen LogP contribution in [0.15, 0.2) is 17.0 Å². The molecule has 1 amide bonds. The second-order valence-corrected chi connectivity index (χ2v) is 2.65. The van der Waals surface area contributed by atoms with E-state index in [0.29, 0.717) is 0 Å². The topological polar surface area (TPSA) is 55.1 Å². The third-order valence-corrected chi connectivity index (χ3v) is 1.65. The van der Waals surface area contributed by atoms with Gasteiger partial charge in [-0.3, -0.25) is 4.79 Å². The molecule has 1 aromatic heterocycles. The minimum absolute atomic E-state index is 0.169. The molecule has 0 saturated carbocycles. The maximum absolute atomic E-state index is 11.2. The van der Waals surface area contributed by atoms with Crippen LogP contribution < -0.4 is 5.32 Å². The molecule has 1 heterocycles. The van der Waals surface area contributed by atoms with Gasteiger partial charge in [0, 0.05) is 6.04 Å². The number of aromatic nitrogens is 1. The van der Waals surface area contributed by atoms with E-state index in [-0.39, 0.29) is 17.7 Å². The highest BCUT2D eigenvalue weighted by molar-refractivity contribution is 5.91. The highest BCUT2D eigenvalue weighted by Gasteiger charge is 2.10. The number of amides is 1. The minimum Gasteiger partial charge on any atom is -0.438 e. The molecular weight excluding hydrogens is 156 g/mol. The monoisotopic (exact) mass is 168 g/mol. The van der Waals surface area contributed by atoms with E-state index >= 15 is 0 Å². The number of hydrogen-bond acceptors (Lipinski definition) is 3. The molecule has 0 aromatic carbocycles. The van der Waals surface area contributed by atoms with Crippen molar-refractivity contribution in [1.29, 1.82) is 0 Å². The number of oxazole rings is 1. The van der Waals surface area contributed by atoms with Crippen LogP contribution in [0.3, 0.4) is 0 Å². The molecule has 0 aliphatic heterocycles. The molecule has 0 fully saturated rings. The van der Waals surface area contributed by atoms with Gasteiger partial charge in [-0.2, -0.15) is 0 Å². The molecule has 0 unspecified atom stereocenters. The molecule has 4 heteroatoms. The van der Waals surface area contributed by atoms with E-state index in [1.54, 1.807) is 0 Å². The van der Waals surface area contributed by atoms with Crippen LogP contribution in [0.2, 0.25) is 0 Å². The third-order valence-electron chi connectivity index (χ3n) is 1.65. The quantitative estimate of drug-likeness (QED) is 0.737. The van der Waals surface area contributed by atoms with Gasteiger partial charge in [-0.25, -0.2) is 4.98 Å². The molecule has 12 heavy (non-hydrogen) atoms. The Morgan fingerprint density at radius 1 is 1.83 bits per heavy atom. The lowest BCUT2D eigenvalue weighted by atomic mass is 10.2. The van der Waals surface area contributed by atoms with Gasteiger partial charge in [0.15, 0.2) is 6.39 Å². The van der Waals surface area contributed by atoms with Gasteiger partial charge in [-0.1, -0.05) is 6.92 Å². The third kappa shape index (κ3) is 2.08. The van der Waals surface area contributed by atoms with Crippen LogP contribution in [-0.2, 0) is 0 Å². The molecule has 0 bridgehead atoms. The zero-order valence-electron chi connectivity index (χ0n) is 7.20. The van der Waals surface area contributed by atoms with Gasteiger partial charge >= 0.3 is 0 Å². The first-order chi connectivity index (χ1) is 5.74. The summed E-state index contributed by atoms with van der Waals surface area (Å²) in [5, 5.41) is 2.76. The predicted octanol–water partition coefficient (Wildman–Crippen LogP) is 1.20. The first kappa shape index (κ1) is 8.77. The standard InChI is InChI=1S/C8H12N2O2/c1-3-6(2)10-8(11)7-4-9-5-12-7/h4-6H,3H2,1-2H3,(H,10,11)/t6-/m0/s1. The number of nitrogens with zero attached hydrogens (tertiary/aromatic N) is 1. The maximum atomic E-state index is 11.2. The zero-order valence-corrected chi connectivity index (χ0v) is 7.20. The molecule has 1 atom stereocenters. The van der Waals surface area contributed by atoms with Crippen LogP contribution in [0.4, 0.5) is 0 Å². The van der Waals surface area contributed by atoms with Crippen molar-refractivity contribution in [2.75, 3.05) is 0 Å². The Kier molecular flexibility index (Phi) is 2.85. The van der Waals surface area contributed by atoms with Crippen molar-refractivity contribution in [1.82, 2.24) is 10.3 Å². The summed E-state index contributed by atoms with van der Waals surface area (Å²) >= 11 is 0. The fourth-order valence-electron chi connectivity index (χ4n) is 0.725. The molecular formula is C8H12N2O2. The van der Waals surface area contributed by atoms with E-state index in [0.717, 1.165) is 6.42 Å². The molecule has 0 aliphatic carbocycles. The van der Waals surface area contributed by atoms with Gasteiger partial charge in [0.25, 0.3) is 5.91 Å². The summed E-state index contributed by atoms with van der Waals surface area (Å²) in [6.45, 7) is 3.94.